The number of aliphatic hydroxyl groups excluding tert-OH is 2. The van der Waals surface area contributed by atoms with Crippen LogP contribution in [0.1, 0.15) is 348 Å². The summed E-state index contributed by atoms with van der Waals surface area (Å²) in [6.45, 7) is 4.95. The lowest BCUT2D eigenvalue weighted by atomic mass is 10.0. The zero-order valence-electron chi connectivity index (χ0n) is 47.3. The number of allylic oxidation sites excluding steroid dienone is 4. The summed E-state index contributed by atoms with van der Waals surface area (Å²) in [7, 11) is 0. The summed E-state index contributed by atoms with van der Waals surface area (Å²) in [5.41, 5.74) is 0. The van der Waals surface area contributed by atoms with Gasteiger partial charge in [-0.05, 0) is 77.0 Å². The molecule has 0 rings (SSSR count). The maximum absolute atomic E-state index is 12.5. The molecule has 1 amide bonds. The van der Waals surface area contributed by atoms with Crippen LogP contribution in [0.25, 0.3) is 0 Å². The van der Waals surface area contributed by atoms with E-state index in [-0.39, 0.29) is 18.5 Å². The molecule has 0 aliphatic carbocycles. The molecule has 0 fully saturated rings. The molecule has 0 heterocycles. The number of esters is 1. The highest BCUT2D eigenvalue weighted by Gasteiger charge is 2.20. The van der Waals surface area contributed by atoms with Gasteiger partial charge < -0.3 is 20.3 Å². The zero-order valence-corrected chi connectivity index (χ0v) is 47.3. The summed E-state index contributed by atoms with van der Waals surface area (Å²) in [5, 5.41) is 23.3. The van der Waals surface area contributed by atoms with Crippen molar-refractivity contribution in [2.45, 2.75) is 360 Å². The second-order valence-electron chi connectivity index (χ2n) is 21.7. The Balaban J connectivity index is 3.42. The molecule has 0 aliphatic heterocycles. The quantitative estimate of drug-likeness (QED) is 0.0321. The topological polar surface area (TPSA) is 95.9 Å². The van der Waals surface area contributed by atoms with Crippen molar-refractivity contribution >= 4 is 11.9 Å². The van der Waals surface area contributed by atoms with Crippen LogP contribution in [0.2, 0.25) is 0 Å². The summed E-state index contributed by atoms with van der Waals surface area (Å²) >= 11 is 0. The fourth-order valence-corrected chi connectivity index (χ4v) is 9.87. The van der Waals surface area contributed by atoms with Crippen molar-refractivity contribution in [2.24, 2.45) is 0 Å². The molecule has 6 heteroatoms. The lowest BCUT2D eigenvalue weighted by Crippen LogP contribution is -2.45. The van der Waals surface area contributed by atoms with Gasteiger partial charge in [-0.15, -0.1) is 0 Å². The van der Waals surface area contributed by atoms with Gasteiger partial charge in [-0.25, -0.2) is 0 Å². The highest BCUT2D eigenvalue weighted by molar-refractivity contribution is 5.76. The number of unbranched alkanes of at least 4 members (excludes halogenated alkanes) is 44. The van der Waals surface area contributed by atoms with E-state index < -0.39 is 12.1 Å². The molecule has 0 saturated carbocycles. The zero-order chi connectivity index (χ0) is 50.7. The minimum absolute atomic E-state index is 0.00115. The van der Waals surface area contributed by atoms with Crippen LogP contribution in [-0.4, -0.2) is 47.4 Å². The van der Waals surface area contributed by atoms with E-state index >= 15 is 0 Å². The van der Waals surface area contributed by atoms with Gasteiger partial charge in [0.15, 0.2) is 0 Å². The smallest absolute Gasteiger partial charge is 0.305 e. The Labute approximate surface area is 437 Å². The van der Waals surface area contributed by atoms with E-state index in [9.17, 15) is 19.8 Å². The van der Waals surface area contributed by atoms with Crippen LogP contribution in [0, 0.1) is 0 Å². The molecule has 6 nitrogen and oxygen atoms in total. The average Bonchev–Trinajstić information content (AvgIpc) is 3.36. The minimum Gasteiger partial charge on any atom is -0.466 e. The first-order valence-electron chi connectivity index (χ1n) is 31.6. The van der Waals surface area contributed by atoms with Gasteiger partial charge in [0.2, 0.25) is 5.91 Å². The third-order valence-electron chi connectivity index (χ3n) is 14.7. The molecule has 0 aromatic heterocycles. The van der Waals surface area contributed by atoms with Crippen LogP contribution in [0.3, 0.4) is 0 Å². The Kier molecular flexibility index (Phi) is 58.5. The number of hydrogen-bond acceptors (Lipinski definition) is 5. The van der Waals surface area contributed by atoms with Gasteiger partial charge in [0.1, 0.15) is 0 Å². The van der Waals surface area contributed by atoms with Crippen molar-refractivity contribution in [2.75, 3.05) is 13.2 Å². The van der Waals surface area contributed by atoms with Crippen molar-refractivity contribution in [3.63, 3.8) is 0 Å². The summed E-state index contributed by atoms with van der Waals surface area (Å²) in [6, 6.07) is -0.547. The Morgan fingerprint density at radius 3 is 1.03 bits per heavy atom. The number of rotatable bonds is 59. The van der Waals surface area contributed by atoms with Gasteiger partial charge in [-0.1, -0.05) is 282 Å². The van der Waals surface area contributed by atoms with Crippen molar-refractivity contribution in [3.05, 3.63) is 24.3 Å². The van der Waals surface area contributed by atoms with E-state index in [1.807, 2.05) is 0 Å². The first-order chi connectivity index (χ1) is 34.5. The van der Waals surface area contributed by atoms with E-state index in [1.54, 1.807) is 0 Å². The van der Waals surface area contributed by atoms with Crippen molar-refractivity contribution < 1.29 is 24.5 Å². The van der Waals surface area contributed by atoms with E-state index in [4.69, 9.17) is 4.74 Å². The Hall–Kier alpha value is -1.66. The molecule has 0 bridgehead atoms. The largest absolute Gasteiger partial charge is 0.466 e. The minimum atomic E-state index is -0.669. The van der Waals surface area contributed by atoms with Crippen LogP contribution >= 0.6 is 0 Å². The summed E-state index contributed by atoms with van der Waals surface area (Å²) < 4.78 is 5.47. The normalized spacial score (nSPS) is 12.7. The third kappa shape index (κ3) is 55.7. The predicted molar refractivity (Wildman–Crippen MR) is 306 cm³/mol. The maximum Gasteiger partial charge on any atom is 0.305 e. The van der Waals surface area contributed by atoms with Crippen LogP contribution in [0.15, 0.2) is 24.3 Å². The molecule has 0 aromatic carbocycles. The van der Waals surface area contributed by atoms with Crippen LogP contribution in [0.5, 0.6) is 0 Å². The second kappa shape index (κ2) is 59.9. The van der Waals surface area contributed by atoms with Crippen molar-refractivity contribution in [3.8, 4) is 0 Å². The molecule has 0 saturated heterocycles. The SMILES string of the molecule is CCCCCC/C=C\CCCCCCCC(=O)OCCCCCCCCCCCCC/C=C\CCCCCCCCCC(=O)NC(CO)C(O)CCCCCCCCCCCCCCCCCCCC. The first-order valence-corrected chi connectivity index (χ1v) is 31.6. The number of ether oxygens (including phenoxy) is 1. The van der Waals surface area contributed by atoms with Crippen LogP contribution in [-0.2, 0) is 14.3 Å². The summed E-state index contributed by atoms with van der Waals surface area (Å²) in [5.74, 6) is -0.0381. The van der Waals surface area contributed by atoms with Gasteiger partial charge in [-0.3, -0.25) is 9.59 Å². The van der Waals surface area contributed by atoms with Crippen LogP contribution in [0.4, 0.5) is 0 Å². The molecule has 2 atom stereocenters. The molecular weight excluding hydrogens is 863 g/mol. The predicted octanol–water partition coefficient (Wildman–Crippen LogP) is 19.8. The Bertz CT molecular complexity index is 1090. The fraction of sp³-hybridized carbons (Fsp3) is 0.906. The lowest BCUT2D eigenvalue weighted by molar-refractivity contribution is -0.143. The van der Waals surface area contributed by atoms with E-state index in [0.717, 1.165) is 44.9 Å². The molecule has 2 unspecified atom stereocenters. The first kappa shape index (κ1) is 68.3. The highest BCUT2D eigenvalue weighted by atomic mass is 16.5. The maximum atomic E-state index is 12.5. The molecule has 0 aromatic rings. The van der Waals surface area contributed by atoms with Gasteiger partial charge >= 0.3 is 5.97 Å². The van der Waals surface area contributed by atoms with E-state index in [1.165, 1.54) is 270 Å². The van der Waals surface area contributed by atoms with Crippen molar-refractivity contribution in [1.82, 2.24) is 5.32 Å². The van der Waals surface area contributed by atoms with Gasteiger partial charge in [0.05, 0.1) is 25.4 Å². The third-order valence-corrected chi connectivity index (χ3v) is 14.7. The molecule has 0 radical (unpaired) electrons. The Morgan fingerprint density at radius 1 is 0.386 bits per heavy atom. The molecule has 0 aliphatic rings. The number of carbonyl (C=O) groups is 2. The van der Waals surface area contributed by atoms with Gasteiger partial charge in [0, 0.05) is 12.8 Å². The number of aliphatic hydroxyl groups is 2. The molecule has 414 valence electrons. The number of carbonyl (C=O) groups excluding carboxylic acids is 2. The summed E-state index contributed by atoms with van der Waals surface area (Å²) in [6.07, 6.45) is 73.3. The fourth-order valence-electron chi connectivity index (χ4n) is 9.87. The average molecular weight is 987 g/mol. The van der Waals surface area contributed by atoms with E-state index in [2.05, 4.69) is 43.5 Å². The number of hydrogen-bond donors (Lipinski definition) is 3. The van der Waals surface area contributed by atoms with E-state index in [0.29, 0.717) is 25.9 Å². The molecule has 70 heavy (non-hydrogen) atoms. The summed E-state index contributed by atoms with van der Waals surface area (Å²) in [4.78, 5) is 24.5. The number of nitrogens with one attached hydrogen (secondary N) is 1. The molecule has 3 N–H and O–H groups in total. The monoisotopic (exact) mass is 986 g/mol. The van der Waals surface area contributed by atoms with Gasteiger partial charge in [-0.2, -0.15) is 0 Å². The number of amides is 1. The van der Waals surface area contributed by atoms with Crippen LogP contribution < -0.4 is 5.32 Å². The molecular formula is C64H123NO5. The van der Waals surface area contributed by atoms with Crippen molar-refractivity contribution in [1.29, 1.82) is 0 Å². The second-order valence-corrected chi connectivity index (χ2v) is 21.7. The molecule has 0 spiro atoms. The highest BCUT2D eigenvalue weighted by Crippen LogP contribution is 2.18. The Morgan fingerprint density at radius 2 is 0.671 bits per heavy atom. The lowest BCUT2D eigenvalue weighted by Gasteiger charge is -2.22. The van der Waals surface area contributed by atoms with Gasteiger partial charge in [0.25, 0.3) is 0 Å². The standard InChI is InChI=1S/C64H123NO5/c1-3-5-7-9-11-13-15-17-18-19-26-29-33-36-40-44-48-52-56-62(67)61(60-66)65-63(68)57-53-49-45-41-37-34-30-27-24-22-20-21-23-25-28-31-35-39-43-47-51-55-59-70-64(69)58-54-50-46-42-38-32-16-14-12-10-8-6-4-2/h14,16,22,24,61-62,66-67H,3-13,15,17-21,23,25-60H2,1-2H3,(H,65,68)/b16-14-,24-22-.